The van der Waals surface area contributed by atoms with Gasteiger partial charge in [0.15, 0.2) is 5.96 Å². The minimum atomic E-state index is 0.556. The minimum Gasteiger partial charge on any atom is -0.370 e. The predicted octanol–water partition coefficient (Wildman–Crippen LogP) is 2.41. The van der Waals surface area contributed by atoms with E-state index < -0.39 is 0 Å². The quantitative estimate of drug-likeness (QED) is 0.423. The van der Waals surface area contributed by atoms with Crippen LogP contribution in [0.4, 0.5) is 0 Å². The summed E-state index contributed by atoms with van der Waals surface area (Å²) in [6, 6.07) is 8.39. The number of H-pyrrole nitrogens is 1. The Hall–Kier alpha value is -1.97. The van der Waals surface area contributed by atoms with Crippen molar-refractivity contribution in [2.75, 3.05) is 13.1 Å². The van der Waals surface area contributed by atoms with Gasteiger partial charge in [-0.25, -0.2) is 0 Å². The minimum absolute atomic E-state index is 0.556. The summed E-state index contributed by atoms with van der Waals surface area (Å²) in [5.41, 5.74) is 8.31. The second kappa shape index (κ2) is 6.83. The fraction of sp³-hybridized carbons (Fsp3) is 0.400. The predicted molar refractivity (Wildman–Crippen MR) is 81.4 cm³/mol. The van der Waals surface area contributed by atoms with Gasteiger partial charge in [-0.05, 0) is 30.9 Å². The van der Waals surface area contributed by atoms with E-state index in [-0.39, 0.29) is 0 Å². The fourth-order valence-corrected chi connectivity index (χ4v) is 2.12. The summed E-state index contributed by atoms with van der Waals surface area (Å²) < 4.78 is 0. The first-order valence-corrected chi connectivity index (χ1v) is 6.90. The summed E-state index contributed by atoms with van der Waals surface area (Å²) in [5, 5.41) is 4.46. The van der Waals surface area contributed by atoms with Crippen LogP contribution in [-0.2, 0) is 6.42 Å². The number of para-hydroxylation sites is 1. The lowest BCUT2D eigenvalue weighted by Gasteiger charge is -2.05. The molecule has 2 aromatic rings. The monoisotopic (exact) mass is 258 g/mol. The van der Waals surface area contributed by atoms with Crippen molar-refractivity contribution >= 4 is 16.9 Å². The topological polar surface area (TPSA) is 66.2 Å². The molecule has 4 N–H and O–H groups in total. The molecule has 1 heterocycles. The average molecular weight is 258 g/mol. The van der Waals surface area contributed by atoms with Crippen LogP contribution in [0.3, 0.4) is 0 Å². The van der Waals surface area contributed by atoms with E-state index >= 15 is 0 Å². The number of fused-ring (bicyclic) bond motifs is 1. The van der Waals surface area contributed by atoms with Gasteiger partial charge in [-0.2, -0.15) is 0 Å². The Morgan fingerprint density at radius 1 is 1.37 bits per heavy atom. The Balaban J connectivity index is 1.80. The van der Waals surface area contributed by atoms with E-state index in [0.29, 0.717) is 5.96 Å². The van der Waals surface area contributed by atoms with E-state index in [1.165, 1.54) is 16.5 Å². The second-order valence-electron chi connectivity index (χ2n) is 4.66. The number of rotatable bonds is 6. The zero-order chi connectivity index (χ0) is 13.5. The molecule has 0 fully saturated rings. The zero-order valence-electron chi connectivity index (χ0n) is 11.4. The third kappa shape index (κ3) is 3.74. The van der Waals surface area contributed by atoms with Crippen molar-refractivity contribution in [3.8, 4) is 0 Å². The highest BCUT2D eigenvalue weighted by Gasteiger charge is 2.02. The number of aryl methyl sites for hydroxylation is 1. The van der Waals surface area contributed by atoms with E-state index in [4.69, 9.17) is 5.73 Å². The van der Waals surface area contributed by atoms with Gasteiger partial charge in [0, 0.05) is 30.2 Å². The van der Waals surface area contributed by atoms with Crippen LogP contribution in [0.15, 0.2) is 35.5 Å². The molecule has 4 heteroatoms. The lowest BCUT2D eigenvalue weighted by Crippen LogP contribution is -2.32. The van der Waals surface area contributed by atoms with Crippen molar-refractivity contribution in [3.05, 3.63) is 36.0 Å². The molecule has 0 radical (unpaired) electrons. The first-order valence-electron chi connectivity index (χ1n) is 6.90. The standard InChI is InChI=1S/C15H22N4/c1-2-9-17-15(16)18-10-5-6-12-11-19-14-8-4-3-7-13(12)14/h3-4,7-8,11,19H,2,5-6,9-10H2,1H3,(H3,16,17,18). The summed E-state index contributed by atoms with van der Waals surface area (Å²) in [5.74, 6) is 0.556. The molecule has 102 valence electrons. The molecule has 0 spiro atoms. The number of nitrogens with one attached hydrogen (secondary N) is 2. The molecule has 0 aliphatic heterocycles. The molecular weight excluding hydrogens is 236 g/mol. The van der Waals surface area contributed by atoms with Crippen LogP contribution in [0.5, 0.6) is 0 Å². The van der Waals surface area contributed by atoms with Crippen LogP contribution in [0.25, 0.3) is 10.9 Å². The smallest absolute Gasteiger partial charge is 0.188 e. The number of aromatic nitrogens is 1. The SMILES string of the molecule is CCCN=C(N)NCCCc1c[nH]c2ccccc12. The number of hydrogen-bond acceptors (Lipinski definition) is 1. The summed E-state index contributed by atoms with van der Waals surface area (Å²) >= 11 is 0. The third-order valence-electron chi connectivity index (χ3n) is 3.11. The lowest BCUT2D eigenvalue weighted by atomic mass is 10.1. The Morgan fingerprint density at radius 2 is 2.21 bits per heavy atom. The molecule has 1 aromatic carbocycles. The van der Waals surface area contributed by atoms with Crippen LogP contribution in [0.1, 0.15) is 25.3 Å². The highest BCUT2D eigenvalue weighted by Crippen LogP contribution is 2.18. The number of nitrogens with zero attached hydrogens (tertiary/aromatic N) is 1. The zero-order valence-corrected chi connectivity index (χ0v) is 11.4. The highest BCUT2D eigenvalue weighted by atomic mass is 15.1. The Kier molecular flexibility index (Phi) is 4.84. The molecule has 0 saturated carbocycles. The molecule has 0 aliphatic rings. The second-order valence-corrected chi connectivity index (χ2v) is 4.66. The van der Waals surface area contributed by atoms with Gasteiger partial charge in [0.25, 0.3) is 0 Å². The van der Waals surface area contributed by atoms with E-state index in [0.717, 1.165) is 32.4 Å². The highest BCUT2D eigenvalue weighted by molar-refractivity contribution is 5.83. The average Bonchev–Trinajstić information content (AvgIpc) is 2.85. The van der Waals surface area contributed by atoms with Crippen LogP contribution in [0.2, 0.25) is 0 Å². The maximum absolute atomic E-state index is 5.74. The molecule has 0 unspecified atom stereocenters. The largest absolute Gasteiger partial charge is 0.370 e. The Morgan fingerprint density at radius 3 is 3.05 bits per heavy atom. The summed E-state index contributed by atoms with van der Waals surface area (Å²) in [6.45, 7) is 3.74. The van der Waals surface area contributed by atoms with E-state index in [1.54, 1.807) is 0 Å². The van der Waals surface area contributed by atoms with Gasteiger partial charge in [-0.15, -0.1) is 0 Å². The molecule has 0 bridgehead atoms. The first-order chi connectivity index (χ1) is 9.31. The number of nitrogens with two attached hydrogens (primary N) is 1. The van der Waals surface area contributed by atoms with Crippen LogP contribution in [0, 0.1) is 0 Å². The molecule has 4 nitrogen and oxygen atoms in total. The molecule has 0 atom stereocenters. The summed E-state index contributed by atoms with van der Waals surface area (Å²) in [6.07, 6.45) is 5.21. The molecule has 2 rings (SSSR count). The lowest BCUT2D eigenvalue weighted by molar-refractivity contribution is 0.766. The van der Waals surface area contributed by atoms with E-state index in [9.17, 15) is 0 Å². The summed E-state index contributed by atoms with van der Waals surface area (Å²) in [7, 11) is 0. The molecule has 1 aromatic heterocycles. The molecule has 19 heavy (non-hydrogen) atoms. The van der Waals surface area contributed by atoms with Gasteiger partial charge in [0.2, 0.25) is 0 Å². The van der Waals surface area contributed by atoms with Crippen molar-refractivity contribution in [2.24, 2.45) is 10.7 Å². The van der Waals surface area contributed by atoms with Crippen molar-refractivity contribution in [1.82, 2.24) is 10.3 Å². The molecular formula is C15H22N4. The number of aliphatic imine (C=N–C) groups is 1. The van der Waals surface area contributed by atoms with Crippen molar-refractivity contribution in [1.29, 1.82) is 0 Å². The number of aromatic amines is 1. The number of benzene rings is 1. The first kappa shape index (κ1) is 13.5. The molecule has 0 aliphatic carbocycles. The van der Waals surface area contributed by atoms with Gasteiger partial charge in [-0.1, -0.05) is 25.1 Å². The van der Waals surface area contributed by atoms with Gasteiger partial charge < -0.3 is 16.0 Å². The third-order valence-corrected chi connectivity index (χ3v) is 3.11. The maximum Gasteiger partial charge on any atom is 0.188 e. The molecule has 0 amide bonds. The number of guanidine groups is 1. The van der Waals surface area contributed by atoms with Gasteiger partial charge in [-0.3, -0.25) is 4.99 Å². The van der Waals surface area contributed by atoms with E-state index in [1.807, 2.05) is 0 Å². The van der Waals surface area contributed by atoms with Gasteiger partial charge in [0.1, 0.15) is 0 Å². The van der Waals surface area contributed by atoms with E-state index in [2.05, 4.69) is 52.7 Å². The fourth-order valence-electron chi connectivity index (χ4n) is 2.12. The summed E-state index contributed by atoms with van der Waals surface area (Å²) in [4.78, 5) is 7.50. The van der Waals surface area contributed by atoms with Gasteiger partial charge >= 0.3 is 0 Å². The Bertz CT molecular complexity index is 542. The molecule has 0 saturated heterocycles. The Labute approximate surface area is 114 Å². The van der Waals surface area contributed by atoms with Gasteiger partial charge in [0.05, 0.1) is 0 Å². The normalized spacial score (nSPS) is 11.9. The van der Waals surface area contributed by atoms with Crippen LogP contribution >= 0.6 is 0 Å². The van der Waals surface area contributed by atoms with Crippen LogP contribution in [-0.4, -0.2) is 24.0 Å². The van der Waals surface area contributed by atoms with Crippen molar-refractivity contribution in [2.45, 2.75) is 26.2 Å². The van der Waals surface area contributed by atoms with Crippen LogP contribution < -0.4 is 11.1 Å². The van der Waals surface area contributed by atoms with Crippen molar-refractivity contribution < 1.29 is 0 Å². The number of hydrogen-bond donors (Lipinski definition) is 3. The van der Waals surface area contributed by atoms with Crippen molar-refractivity contribution in [3.63, 3.8) is 0 Å². The maximum atomic E-state index is 5.74.